The van der Waals surface area contributed by atoms with E-state index in [0.29, 0.717) is 11.4 Å². The fraction of sp³-hybridized carbons (Fsp3) is 0.500. The summed E-state index contributed by atoms with van der Waals surface area (Å²) in [6.45, 7) is 3.08. The Hall–Kier alpha value is -1.50. The molecule has 0 bridgehead atoms. The van der Waals surface area contributed by atoms with Crippen molar-refractivity contribution >= 4 is 29.3 Å². The molecule has 6 nitrogen and oxygen atoms in total. The Kier molecular flexibility index (Phi) is 4.17. The van der Waals surface area contributed by atoms with E-state index in [1.165, 1.54) is 42.7 Å². The average Bonchev–Trinajstić information content (AvgIpc) is 2.66. The molecular formula is C10H15N3O3S. The molecule has 94 valence electrons. The highest BCUT2D eigenvalue weighted by Crippen LogP contribution is 2.17. The summed E-state index contributed by atoms with van der Waals surface area (Å²) in [6, 6.07) is 0. The van der Waals surface area contributed by atoms with Crippen LogP contribution in [-0.4, -0.2) is 38.8 Å². The summed E-state index contributed by atoms with van der Waals surface area (Å²) in [4.78, 5) is 22.3. The fourth-order valence-corrected chi connectivity index (χ4v) is 1.45. The van der Waals surface area contributed by atoms with Gasteiger partial charge >= 0.3 is 5.97 Å². The van der Waals surface area contributed by atoms with Gasteiger partial charge in [0.05, 0.1) is 17.6 Å². The topological polar surface area (TPSA) is 84.2 Å². The van der Waals surface area contributed by atoms with Crippen LogP contribution in [0.4, 0.5) is 5.69 Å². The smallest absolute Gasteiger partial charge is 0.331 e. The van der Waals surface area contributed by atoms with Crippen molar-refractivity contribution in [2.45, 2.75) is 19.4 Å². The molecule has 0 aliphatic carbocycles. The molecule has 1 aromatic rings. The second kappa shape index (κ2) is 5.22. The van der Waals surface area contributed by atoms with E-state index in [1.54, 1.807) is 0 Å². The Morgan fingerprint density at radius 2 is 2.24 bits per heavy atom. The molecule has 0 fully saturated rings. The van der Waals surface area contributed by atoms with Gasteiger partial charge in [0.25, 0.3) is 0 Å². The molecule has 17 heavy (non-hydrogen) atoms. The van der Waals surface area contributed by atoms with E-state index >= 15 is 0 Å². The van der Waals surface area contributed by atoms with Crippen molar-refractivity contribution in [3.63, 3.8) is 0 Å². The van der Waals surface area contributed by atoms with Crippen LogP contribution in [0.1, 0.15) is 13.8 Å². The van der Waals surface area contributed by atoms with E-state index in [9.17, 15) is 9.59 Å². The molecule has 0 unspecified atom stereocenters. The molecule has 0 aromatic carbocycles. The van der Waals surface area contributed by atoms with Crippen molar-refractivity contribution in [3.8, 4) is 0 Å². The highest BCUT2D eigenvalue weighted by molar-refractivity contribution is 7.99. The summed E-state index contributed by atoms with van der Waals surface area (Å²) in [5.41, 5.74) is -0.638. The summed E-state index contributed by atoms with van der Waals surface area (Å²) in [6.07, 6.45) is 4.77. The number of hydrogen-bond donors (Lipinski definition) is 2. The molecule has 2 N–H and O–H groups in total. The molecule has 0 spiro atoms. The number of amides is 1. The zero-order valence-corrected chi connectivity index (χ0v) is 10.7. The lowest BCUT2D eigenvalue weighted by Gasteiger charge is -2.19. The third-order valence-corrected chi connectivity index (χ3v) is 2.79. The van der Waals surface area contributed by atoms with Gasteiger partial charge in [0.2, 0.25) is 5.91 Å². The number of carboxylic acid groups (broad SMARTS) is 1. The predicted molar refractivity (Wildman–Crippen MR) is 66.2 cm³/mol. The molecule has 0 aliphatic heterocycles. The normalized spacial score (nSPS) is 11.2. The first-order valence-electron chi connectivity index (χ1n) is 4.95. The Morgan fingerprint density at radius 1 is 1.59 bits per heavy atom. The molecule has 0 saturated heterocycles. The van der Waals surface area contributed by atoms with Crippen molar-refractivity contribution in [2.75, 3.05) is 17.3 Å². The SMILES string of the molecule is CSCC(=O)Nc1cnn(C(C)(C)C(=O)O)c1. The molecule has 0 atom stereocenters. The quantitative estimate of drug-likeness (QED) is 0.822. The van der Waals surface area contributed by atoms with Gasteiger partial charge in [0.1, 0.15) is 0 Å². The van der Waals surface area contributed by atoms with E-state index in [4.69, 9.17) is 5.11 Å². The summed E-state index contributed by atoms with van der Waals surface area (Å²) in [7, 11) is 0. The fourth-order valence-electron chi connectivity index (χ4n) is 1.12. The van der Waals surface area contributed by atoms with Crippen molar-refractivity contribution in [2.24, 2.45) is 0 Å². The van der Waals surface area contributed by atoms with Crippen molar-refractivity contribution in [1.29, 1.82) is 0 Å². The Bertz CT molecular complexity index is 428. The van der Waals surface area contributed by atoms with E-state index in [1.807, 2.05) is 6.26 Å². The van der Waals surface area contributed by atoms with Gasteiger partial charge in [-0.2, -0.15) is 16.9 Å². The third-order valence-electron chi connectivity index (χ3n) is 2.24. The zero-order valence-electron chi connectivity index (χ0n) is 9.93. The van der Waals surface area contributed by atoms with Crippen LogP contribution in [0.2, 0.25) is 0 Å². The maximum absolute atomic E-state index is 11.3. The number of aliphatic carboxylic acids is 1. The standard InChI is InChI=1S/C10H15N3O3S/c1-10(2,9(15)16)13-5-7(4-11-13)12-8(14)6-17-3/h4-5H,6H2,1-3H3,(H,12,14)(H,15,16). The van der Waals surface area contributed by atoms with Gasteiger partial charge in [-0.25, -0.2) is 4.79 Å². The van der Waals surface area contributed by atoms with Crippen LogP contribution in [-0.2, 0) is 15.1 Å². The zero-order chi connectivity index (χ0) is 13.1. The van der Waals surface area contributed by atoms with Crippen molar-refractivity contribution < 1.29 is 14.7 Å². The minimum absolute atomic E-state index is 0.134. The molecule has 1 amide bonds. The summed E-state index contributed by atoms with van der Waals surface area (Å²) >= 11 is 1.41. The molecular weight excluding hydrogens is 242 g/mol. The molecule has 7 heteroatoms. The molecule has 0 radical (unpaired) electrons. The maximum atomic E-state index is 11.3. The number of anilines is 1. The second-order valence-electron chi connectivity index (χ2n) is 4.02. The van der Waals surface area contributed by atoms with Gasteiger partial charge in [-0.05, 0) is 20.1 Å². The summed E-state index contributed by atoms with van der Waals surface area (Å²) < 4.78 is 1.31. The number of carbonyl (C=O) groups excluding carboxylic acids is 1. The third kappa shape index (κ3) is 3.23. The first kappa shape index (κ1) is 13.6. The van der Waals surface area contributed by atoms with Crippen LogP contribution >= 0.6 is 11.8 Å². The van der Waals surface area contributed by atoms with Gasteiger partial charge in [0.15, 0.2) is 5.54 Å². The summed E-state index contributed by atoms with van der Waals surface area (Å²) in [5.74, 6) is -0.763. The predicted octanol–water partition coefficient (Wildman–Crippen LogP) is 1.00. The van der Waals surface area contributed by atoms with Crippen LogP contribution in [0.3, 0.4) is 0 Å². The monoisotopic (exact) mass is 257 g/mol. The minimum Gasteiger partial charge on any atom is -0.479 e. The average molecular weight is 257 g/mol. The first-order valence-corrected chi connectivity index (χ1v) is 6.34. The number of thioether (sulfide) groups is 1. The van der Waals surface area contributed by atoms with Gasteiger partial charge < -0.3 is 10.4 Å². The first-order chi connectivity index (χ1) is 7.87. The summed E-state index contributed by atoms with van der Waals surface area (Å²) in [5, 5.41) is 15.6. The van der Waals surface area contributed by atoms with Gasteiger partial charge in [-0.1, -0.05) is 0 Å². The van der Waals surface area contributed by atoms with Crippen molar-refractivity contribution in [3.05, 3.63) is 12.4 Å². The number of rotatable bonds is 5. The molecule has 1 aromatic heterocycles. The number of nitrogens with one attached hydrogen (secondary N) is 1. The number of carbonyl (C=O) groups is 2. The largest absolute Gasteiger partial charge is 0.479 e. The number of aromatic nitrogens is 2. The van der Waals surface area contributed by atoms with Gasteiger partial charge in [-0.3, -0.25) is 9.48 Å². The lowest BCUT2D eigenvalue weighted by Crippen LogP contribution is -2.35. The molecule has 0 aliphatic rings. The lowest BCUT2D eigenvalue weighted by atomic mass is 10.1. The van der Waals surface area contributed by atoms with Crippen LogP contribution in [0, 0.1) is 0 Å². The number of hydrogen-bond acceptors (Lipinski definition) is 4. The Labute approximate surface area is 103 Å². The lowest BCUT2D eigenvalue weighted by molar-refractivity contribution is -0.146. The van der Waals surface area contributed by atoms with Gasteiger partial charge in [0, 0.05) is 6.20 Å². The highest BCUT2D eigenvalue weighted by atomic mass is 32.2. The van der Waals surface area contributed by atoms with E-state index in [-0.39, 0.29) is 5.91 Å². The Morgan fingerprint density at radius 3 is 2.76 bits per heavy atom. The van der Waals surface area contributed by atoms with Crippen LogP contribution in [0.25, 0.3) is 0 Å². The number of nitrogens with zero attached hydrogens (tertiary/aromatic N) is 2. The van der Waals surface area contributed by atoms with E-state index in [2.05, 4.69) is 10.4 Å². The second-order valence-corrected chi connectivity index (χ2v) is 4.88. The van der Waals surface area contributed by atoms with E-state index in [0.717, 1.165) is 0 Å². The van der Waals surface area contributed by atoms with Crippen LogP contribution in [0.5, 0.6) is 0 Å². The maximum Gasteiger partial charge on any atom is 0.331 e. The highest BCUT2D eigenvalue weighted by Gasteiger charge is 2.30. The molecule has 1 rings (SSSR count). The number of carboxylic acids is 1. The molecule has 0 saturated carbocycles. The van der Waals surface area contributed by atoms with Gasteiger partial charge in [-0.15, -0.1) is 0 Å². The minimum atomic E-state index is -1.14. The molecule has 1 heterocycles. The van der Waals surface area contributed by atoms with Crippen LogP contribution in [0.15, 0.2) is 12.4 Å². The Balaban J connectivity index is 2.78. The van der Waals surface area contributed by atoms with Crippen LogP contribution < -0.4 is 5.32 Å². The van der Waals surface area contributed by atoms with Crippen molar-refractivity contribution in [1.82, 2.24) is 9.78 Å². The van der Waals surface area contributed by atoms with E-state index < -0.39 is 11.5 Å².